The van der Waals surface area contributed by atoms with Gasteiger partial charge in [-0.15, -0.1) is 0 Å². The predicted octanol–water partition coefficient (Wildman–Crippen LogP) is 1.02. The number of hydrogen-bond donors (Lipinski definition) is 0. The van der Waals surface area contributed by atoms with Crippen LogP contribution in [0.1, 0.15) is 26.7 Å². The van der Waals surface area contributed by atoms with Crippen LogP contribution in [0.15, 0.2) is 0 Å². The molecule has 0 aromatic heterocycles. The largest absolute Gasteiger partial charge is 0.340 e. The maximum Gasteiger partial charge on any atom is 0.222 e. The smallest absolute Gasteiger partial charge is 0.222 e. The average molecular weight is 127 g/mol. The first-order valence-electron chi connectivity index (χ1n) is 3.55. The molecule has 1 rings (SSSR count). The van der Waals surface area contributed by atoms with Crippen LogP contribution < -0.4 is 0 Å². The Morgan fingerprint density at radius 1 is 1.78 bits per heavy atom. The molecule has 1 aliphatic rings. The van der Waals surface area contributed by atoms with Gasteiger partial charge in [0.2, 0.25) is 5.91 Å². The van der Waals surface area contributed by atoms with Crippen molar-refractivity contribution in [3.8, 4) is 0 Å². The molecule has 1 unspecified atom stereocenters. The third-order valence-corrected chi connectivity index (χ3v) is 1.97. The van der Waals surface area contributed by atoms with Gasteiger partial charge in [0.05, 0.1) is 0 Å². The van der Waals surface area contributed by atoms with Gasteiger partial charge in [0.15, 0.2) is 0 Å². The Morgan fingerprint density at radius 2 is 2.44 bits per heavy atom. The quantitative estimate of drug-likeness (QED) is 0.515. The van der Waals surface area contributed by atoms with E-state index in [9.17, 15) is 4.79 Å². The second-order valence-electron chi connectivity index (χ2n) is 2.57. The highest BCUT2D eigenvalue weighted by molar-refractivity contribution is 5.78. The Bertz CT molecular complexity index is 122. The molecule has 0 aromatic carbocycles. The van der Waals surface area contributed by atoms with E-state index in [2.05, 4.69) is 6.92 Å². The van der Waals surface area contributed by atoms with Gasteiger partial charge in [-0.2, -0.15) is 0 Å². The van der Waals surface area contributed by atoms with E-state index in [-0.39, 0.29) is 0 Å². The predicted molar refractivity (Wildman–Crippen MR) is 36.1 cm³/mol. The minimum atomic E-state index is 0.324. The molecule has 0 aliphatic carbocycles. The molecule has 1 saturated heterocycles. The molecule has 2 nitrogen and oxygen atoms in total. The van der Waals surface area contributed by atoms with Crippen molar-refractivity contribution in [1.82, 2.24) is 4.90 Å². The van der Waals surface area contributed by atoms with Crippen LogP contribution in [0.5, 0.6) is 0 Å². The topological polar surface area (TPSA) is 20.3 Å². The lowest BCUT2D eigenvalue weighted by molar-refractivity contribution is -0.128. The fourth-order valence-corrected chi connectivity index (χ4v) is 1.37. The molecule has 2 heteroatoms. The summed E-state index contributed by atoms with van der Waals surface area (Å²) >= 11 is 0. The van der Waals surface area contributed by atoms with Crippen molar-refractivity contribution in [3.63, 3.8) is 0 Å². The van der Waals surface area contributed by atoms with Crippen LogP contribution in [-0.2, 0) is 4.79 Å². The highest BCUT2D eigenvalue weighted by atomic mass is 16.2. The van der Waals surface area contributed by atoms with Gasteiger partial charge in [-0.3, -0.25) is 4.79 Å². The number of likely N-dealkylation sites (tertiary alicyclic amines) is 1. The molecular formula is C7H13NO. The number of carbonyl (C=O) groups excluding carboxylic acids is 1. The molecule has 0 aromatic rings. The first-order chi connectivity index (χ1) is 4.25. The van der Waals surface area contributed by atoms with E-state index in [1.165, 1.54) is 0 Å². The molecule has 0 radical (unpaired) electrons. The number of hydrogen-bond acceptors (Lipinski definition) is 1. The number of amides is 1. The molecule has 1 aliphatic heterocycles. The summed E-state index contributed by atoms with van der Waals surface area (Å²) in [6, 6.07) is 0.488. The summed E-state index contributed by atoms with van der Waals surface area (Å²) in [4.78, 5) is 12.9. The van der Waals surface area contributed by atoms with Crippen molar-refractivity contribution < 1.29 is 4.79 Å². The van der Waals surface area contributed by atoms with E-state index in [0.717, 1.165) is 19.4 Å². The molecule has 1 amide bonds. The van der Waals surface area contributed by atoms with Crippen LogP contribution >= 0.6 is 0 Å². The zero-order chi connectivity index (χ0) is 6.85. The Hall–Kier alpha value is -0.530. The minimum Gasteiger partial charge on any atom is -0.340 e. The van der Waals surface area contributed by atoms with Gasteiger partial charge in [-0.25, -0.2) is 0 Å². The van der Waals surface area contributed by atoms with Gasteiger partial charge < -0.3 is 4.90 Å². The lowest BCUT2D eigenvalue weighted by atomic mass is 10.2. The van der Waals surface area contributed by atoms with Crippen molar-refractivity contribution in [1.29, 1.82) is 0 Å². The third-order valence-electron chi connectivity index (χ3n) is 1.97. The second kappa shape index (κ2) is 2.38. The molecule has 0 bridgehead atoms. The summed E-state index contributed by atoms with van der Waals surface area (Å²) in [5.41, 5.74) is 0. The highest BCUT2D eigenvalue weighted by Crippen LogP contribution is 2.16. The third kappa shape index (κ3) is 1.07. The fraction of sp³-hybridized carbons (Fsp3) is 0.857. The molecule has 0 N–H and O–H groups in total. The van der Waals surface area contributed by atoms with E-state index in [1.807, 2.05) is 11.8 Å². The fourth-order valence-electron chi connectivity index (χ4n) is 1.37. The van der Waals surface area contributed by atoms with Gasteiger partial charge in [0.1, 0.15) is 0 Å². The van der Waals surface area contributed by atoms with E-state index >= 15 is 0 Å². The van der Waals surface area contributed by atoms with Crippen molar-refractivity contribution in [2.24, 2.45) is 0 Å². The summed E-state index contributed by atoms with van der Waals surface area (Å²) in [7, 11) is 0. The number of carbonyl (C=O) groups is 1. The molecule has 52 valence electrons. The van der Waals surface area contributed by atoms with E-state index < -0.39 is 0 Å². The van der Waals surface area contributed by atoms with Crippen LogP contribution in [0.3, 0.4) is 0 Å². The SMILES string of the molecule is CCN1C(=O)CCC1C. The maximum absolute atomic E-state index is 10.9. The van der Waals surface area contributed by atoms with Crippen molar-refractivity contribution in [3.05, 3.63) is 0 Å². The second-order valence-corrected chi connectivity index (χ2v) is 2.57. The summed E-state index contributed by atoms with van der Waals surface area (Å²) in [6.07, 6.45) is 1.81. The molecule has 0 saturated carbocycles. The number of rotatable bonds is 1. The van der Waals surface area contributed by atoms with Gasteiger partial charge in [0, 0.05) is 19.0 Å². The van der Waals surface area contributed by atoms with E-state index in [1.54, 1.807) is 0 Å². The lowest BCUT2D eigenvalue weighted by Gasteiger charge is -2.18. The first kappa shape index (κ1) is 6.59. The Labute approximate surface area is 55.8 Å². The van der Waals surface area contributed by atoms with Gasteiger partial charge in [-0.05, 0) is 20.3 Å². The monoisotopic (exact) mass is 127 g/mol. The van der Waals surface area contributed by atoms with Crippen molar-refractivity contribution in [2.75, 3.05) is 6.54 Å². The van der Waals surface area contributed by atoms with E-state index in [4.69, 9.17) is 0 Å². The molecule has 1 atom stereocenters. The van der Waals surface area contributed by atoms with Crippen LogP contribution in [0.2, 0.25) is 0 Å². The highest BCUT2D eigenvalue weighted by Gasteiger charge is 2.25. The molecule has 0 spiro atoms. The lowest BCUT2D eigenvalue weighted by Crippen LogP contribution is -2.30. The average Bonchev–Trinajstić information content (AvgIpc) is 2.12. The maximum atomic E-state index is 10.9. The summed E-state index contributed by atoms with van der Waals surface area (Å²) in [6.45, 7) is 5.01. The van der Waals surface area contributed by atoms with Crippen LogP contribution in [0.4, 0.5) is 0 Å². The van der Waals surface area contributed by atoms with E-state index in [0.29, 0.717) is 11.9 Å². The summed E-state index contributed by atoms with van der Waals surface area (Å²) in [5.74, 6) is 0.324. The number of nitrogens with zero attached hydrogens (tertiary/aromatic N) is 1. The van der Waals surface area contributed by atoms with Gasteiger partial charge in [-0.1, -0.05) is 0 Å². The molecule has 1 heterocycles. The van der Waals surface area contributed by atoms with Crippen LogP contribution in [0.25, 0.3) is 0 Å². The van der Waals surface area contributed by atoms with Gasteiger partial charge >= 0.3 is 0 Å². The summed E-state index contributed by atoms with van der Waals surface area (Å²) < 4.78 is 0. The Kier molecular flexibility index (Phi) is 1.74. The minimum absolute atomic E-state index is 0.324. The standard InChI is InChI=1S/C7H13NO/c1-3-8-6(2)4-5-7(8)9/h6H,3-5H2,1-2H3. The zero-order valence-electron chi connectivity index (χ0n) is 6.05. The van der Waals surface area contributed by atoms with Crippen molar-refractivity contribution in [2.45, 2.75) is 32.7 Å². The molecule has 9 heavy (non-hydrogen) atoms. The van der Waals surface area contributed by atoms with Gasteiger partial charge in [0.25, 0.3) is 0 Å². The first-order valence-corrected chi connectivity index (χ1v) is 3.55. The molecule has 1 fully saturated rings. The zero-order valence-corrected chi connectivity index (χ0v) is 6.05. The summed E-state index contributed by atoms with van der Waals surface area (Å²) in [5, 5.41) is 0. The van der Waals surface area contributed by atoms with Crippen LogP contribution in [-0.4, -0.2) is 23.4 Å². The normalized spacial score (nSPS) is 27.6. The van der Waals surface area contributed by atoms with Crippen molar-refractivity contribution >= 4 is 5.91 Å². The molecular weight excluding hydrogens is 114 g/mol. The van der Waals surface area contributed by atoms with Crippen LogP contribution in [0, 0.1) is 0 Å². The Balaban J connectivity index is 2.55. The Morgan fingerprint density at radius 3 is 2.67 bits per heavy atom.